The Morgan fingerprint density at radius 1 is 1.30 bits per heavy atom. The number of pyridine rings is 1. The summed E-state index contributed by atoms with van der Waals surface area (Å²) in [6.45, 7) is -0.865. The summed E-state index contributed by atoms with van der Waals surface area (Å²) in [5.74, 6) is -3.50. The molecule has 1 rings (SSSR count). The SMILES string of the molecule is NCc1nc(C(=O)O)cc(C(F)(F)F)c1OC(F)(F)F. The lowest BCUT2D eigenvalue weighted by atomic mass is 10.1. The number of hydrogen-bond donors (Lipinski definition) is 2. The number of halogens is 6. The molecule has 0 aliphatic carbocycles. The van der Waals surface area contributed by atoms with E-state index < -0.39 is 47.8 Å². The normalized spacial score (nSPS) is 12.3. The zero-order valence-electron chi connectivity index (χ0n) is 9.34. The van der Waals surface area contributed by atoms with E-state index in [0.29, 0.717) is 0 Å². The van der Waals surface area contributed by atoms with Crippen molar-refractivity contribution in [1.29, 1.82) is 0 Å². The highest BCUT2D eigenvalue weighted by molar-refractivity contribution is 5.86. The van der Waals surface area contributed by atoms with Gasteiger partial charge in [0, 0.05) is 6.54 Å². The second-order valence-corrected chi connectivity index (χ2v) is 3.39. The van der Waals surface area contributed by atoms with E-state index in [1.807, 2.05) is 0 Å². The lowest BCUT2D eigenvalue weighted by Crippen LogP contribution is -2.23. The third-order valence-electron chi connectivity index (χ3n) is 1.98. The molecular formula is C9H6F6N2O3. The Kier molecular flexibility index (Phi) is 4.12. The minimum absolute atomic E-state index is 0.0530. The third-order valence-corrected chi connectivity index (χ3v) is 1.98. The van der Waals surface area contributed by atoms with Gasteiger partial charge in [-0.25, -0.2) is 9.78 Å². The third kappa shape index (κ3) is 3.73. The first-order chi connectivity index (χ1) is 8.95. The van der Waals surface area contributed by atoms with Gasteiger partial charge in [0.1, 0.15) is 11.3 Å². The number of carbonyl (C=O) groups is 1. The summed E-state index contributed by atoms with van der Waals surface area (Å²) in [6.07, 6.45) is -10.7. The van der Waals surface area contributed by atoms with Crippen LogP contribution in [0.25, 0.3) is 0 Å². The minimum atomic E-state index is -5.41. The summed E-state index contributed by atoms with van der Waals surface area (Å²) in [6, 6.07) is -0.0530. The van der Waals surface area contributed by atoms with Crippen LogP contribution in [0.4, 0.5) is 26.3 Å². The molecule has 0 aromatic carbocycles. The standard InChI is InChI=1S/C9H6F6N2O3/c10-8(11,12)3-1-4(7(18)19)17-5(2-16)6(3)20-9(13,14)15/h1H,2,16H2,(H,18,19). The number of alkyl halides is 6. The van der Waals surface area contributed by atoms with Crippen LogP contribution in [0.2, 0.25) is 0 Å². The molecule has 5 nitrogen and oxygen atoms in total. The molecule has 0 unspecified atom stereocenters. The van der Waals surface area contributed by atoms with Crippen molar-refractivity contribution in [3.05, 3.63) is 23.0 Å². The van der Waals surface area contributed by atoms with Crippen molar-refractivity contribution in [3.63, 3.8) is 0 Å². The van der Waals surface area contributed by atoms with Crippen LogP contribution in [0.15, 0.2) is 6.07 Å². The van der Waals surface area contributed by atoms with Gasteiger partial charge in [-0.1, -0.05) is 0 Å². The largest absolute Gasteiger partial charge is 0.573 e. The average molecular weight is 304 g/mol. The Morgan fingerprint density at radius 3 is 2.20 bits per heavy atom. The van der Waals surface area contributed by atoms with Crippen molar-refractivity contribution in [2.75, 3.05) is 0 Å². The van der Waals surface area contributed by atoms with E-state index in [2.05, 4.69) is 9.72 Å². The number of hydrogen-bond acceptors (Lipinski definition) is 4. The summed E-state index contributed by atoms with van der Waals surface area (Å²) < 4.78 is 77.6. The predicted molar refractivity (Wildman–Crippen MR) is 50.8 cm³/mol. The molecule has 0 atom stereocenters. The maximum atomic E-state index is 12.7. The number of carboxylic acid groups (broad SMARTS) is 1. The Balaban J connectivity index is 3.57. The van der Waals surface area contributed by atoms with Crippen LogP contribution in [-0.2, 0) is 12.7 Å². The zero-order chi connectivity index (χ0) is 15.7. The molecule has 0 saturated heterocycles. The summed E-state index contributed by atoms with van der Waals surface area (Å²) >= 11 is 0. The second-order valence-electron chi connectivity index (χ2n) is 3.39. The fourth-order valence-corrected chi connectivity index (χ4v) is 1.27. The molecule has 11 heteroatoms. The highest BCUT2D eigenvalue weighted by Crippen LogP contribution is 2.40. The van der Waals surface area contributed by atoms with Crippen LogP contribution in [0, 0.1) is 0 Å². The van der Waals surface area contributed by atoms with E-state index in [4.69, 9.17) is 10.8 Å². The van der Waals surface area contributed by atoms with E-state index in [1.54, 1.807) is 0 Å². The molecule has 0 bridgehead atoms. The summed E-state index contributed by atoms with van der Waals surface area (Å²) in [7, 11) is 0. The van der Waals surface area contributed by atoms with Crippen molar-refractivity contribution >= 4 is 5.97 Å². The van der Waals surface area contributed by atoms with Crippen LogP contribution in [0.1, 0.15) is 21.7 Å². The lowest BCUT2D eigenvalue weighted by molar-refractivity contribution is -0.276. The molecule has 0 aliphatic rings. The predicted octanol–water partition coefficient (Wildman–Crippen LogP) is 2.16. The van der Waals surface area contributed by atoms with Gasteiger partial charge in [0.25, 0.3) is 0 Å². The van der Waals surface area contributed by atoms with Gasteiger partial charge in [-0.3, -0.25) is 0 Å². The highest BCUT2D eigenvalue weighted by atomic mass is 19.4. The Hall–Kier alpha value is -2.04. The van der Waals surface area contributed by atoms with Crippen LogP contribution in [0.3, 0.4) is 0 Å². The number of carboxylic acids is 1. The van der Waals surface area contributed by atoms with Crippen LogP contribution >= 0.6 is 0 Å². The number of rotatable bonds is 3. The Morgan fingerprint density at radius 2 is 1.85 bits per heavy atom. The highest BCUT2D eigenvalue weighted by Gasteiger charge is 2.41. The quantitative estimate of drug-likeness (QED) is 0.836. The number of nitrogens with zero attached hydrogens (tertiary/aromatic N) is 1. The van der Waals surface area contributed by atoms with Gasteiger partial charge >= 0.3 is 18.5 Å². The maximum absolute atomic E-state index is 12.7. The fourth-order valence-electron chi connectivity index (χ4n) is 1.27. The molecule has 1 aromatic rings. The molecule has 3 N–H and O–H groups in total. The molecule has 0 fully saturated rings. The average Bonchev–Trinajstić information content (AvgIpc) is 2.25. The van der Waals surface area contributed by atoms with E-state index >= 15 is 0 Å². The first-order valence-electron chi connectivity index (χ1n) is 4.76. The van der Waals surface area contributed by atoms with Crippen LogP contribution in [0.5, 0.6) is 5.75 Å². The van der Waals surface area contributed by atoms with Crippen molar-refractivity contribution in [2.24, 2.45) is 5.73 Å². The van der Waals surface area contributed by atoms with Gasteiger partial charge in [-0.15, -0.1) is 13.2 Å². The van der Waals surface area contributed by atoms with E-state index in [-0.39, 0.29) is 6.07 Å². The van der Waals surface area contributed by atoms with Crippen LogP contribution < -0.4 is 10.5 Å². The van der Waals surface area contributed by atoms with Crippen molar-refractivity contribution in [2.45, 2.75) is 19.1 Å². The van der Waals surface area contributed by atoms with Gasteiger partial charge in [0.05, 0.1) is 5.69 Å². The number of aromatic carboxylic acids is 1. The van der Waals surface area contributed by atoms with E-state index in [0.717, 1.165) is 0 Å². The Labute approximate surface area is 107 Å². The van der Waals surface area contributed by atoms with Gasteiger partial charge < -0.3 is 15.6 Å². The van der Waals surface area contributed by atoms with Crippen LogP contribution in [-0.4, -0.2) is 22.4 Å². The number of nitrogens with two attached hydrogens (primary N) is 1. The van der Waals surface area contributed by atoms with Crippen molar-refractivity contribution in [3.8, 4) is 5.75 Å². The molecule has 0 aliphatic heterocycles. The smallest absolute Gasteiger partial charge is 0.477 e. The molecule has 0 spiro atoms. The van der Waals surface area contributed by atoms with Gasteiger partial charge in [-0.2, -0.15) is 13.2 Å². The Bertz CT molecular complexity index is 526. The van der Waals surface area contributed by atoms with Crippen molar-refractivity contribution in [1.82, 2.24) is 4.98 Å². The topological polar surface area (TPSA) is 85.4 Å². The molecule has 0 radical (unpaired) electrons. The fraction of sp³-hybridized carbons (Fsp3) is 0.333. The zero-order valence-corrected chi connectivity index (χ0v) is 9.34. The van der Waals surface area contributed by atoms with E-state index in [9.17, 15) is 31.1 Å². The molecule has 0 saturated carbocycles. The molecule has 1 aromatic heterocycles. The summed E-state index contributed by atoms with van der Waals surface area (Å²) in [5.41, 5.74) is 1.01. The number of aromatic nitrogens is 1. The monoisotopic (exact) mass is 304 g/mol. The lowest BCUT2D eigenvalue weighted by Gasteiger charge is -2.18. The first-order valence-corrected chi connectivity index (χ1v) is 4.76. The maximum Gasteiger partial charge on any atom is 0.573 e. The first kappa shape index (κ1) is 16.0. The van der Waals surface area contributed by atoms with Gasteiger partial charge in [-0.05, 0) is 6.07 Å². The molecular weight excluding hydrogens is 298 g/mol. The second kappa shape index (κ2) is 5.15. The molecule has 0 amide bonds. The summed E-state index contributed by atoms with van der Waals surface area (Å²) in [5, 5.41) is 8.58. The minimum Gasteiger partial charge on any atom is -0.477 e. The van der Waals surface area contributed by atoms with Gasteiger partial charge in [0.2, 0.25) is 0 Å². The molecule has 1 heterocycles. The number of ether oxygens (including phenoxy) is 1. The van der Waals surface area contributed by atoms with Gasteiger partial charge in [0.15, 0.2) is 5.75 Å². The summed E-state index contributed by atoms with van der Waals surface area (Å²) in [4.78, 5) is 13.7. The van der Waals surface area contributed by atoms with E-state index in [1.165, 1.54) is 0 Å². The molecule has 112 valence electrons. The molecule has 20 heavy (non-hydrogen) atoms. The van der Waals surface area contributed by atoms with Crippen molar-refractivity contribution < 1.29 is 41.0 Å².